The van der Waals surface area contributed by atoms with Crippen molar-refractivity contribution >= 4 is 34.4 Å². The number of anilines is 2. The number of non-ortho nitro benzene ring substituents is 1. The van der Waals surface area contributed by atoms with Gasteiger partial charge in [0, 0.05) is 6.07 Å². The Morgan fingerprint density at radius 1 is 1.08 bits per heavy atom. The maximum atomic E-state index is 13.3. The van der Waals surface area contributed by atoms with Crippen LogP contribution < -0.4 is 5.32 Å². The minimum absolute atomic E-state index is 0.00489. The van der Waals surface area contributed by atoms with Crippen molar-refractivity contribution in [2.45, 2.75) is 13.1 Å². The highest BCUT2D eigenvalue weighted by Gasteiger charge is 2.39. The fourth-order valence-corrected chi connectivity index (χ4v) is 2.35. The van der Waals surface area contributed by atoms with E-state index in [-0.39, 0.29) is 16.8 Å². The third-order valence-corrected chi connectivity index (χ3v) is 3.51. The van der Waals surface area contributed by atoms with Crippen LogP contribution in [0.15, 0.2) is 30.3 Å². The van der Waals surface area contributed by atoms with E-state index in [9.17, 15) is 33.4 Å². The average molecular weight is 376 g/mol. The summed E-state index contributed by atoms with van der Waals surface area (Å²) in [6, 6.07) is 5.03. The lowest BCUT2D eigenvalue weighted by Crippen LogP contribution is -2.12. The van der Waals surface area contributed by atoms with Gasteiger partial charge in [0.1, 0.15) is 5.69 Å². The number of aryl methyl sites for hydroxylation is 1. The minimum Gasteiger partial charge on any atom is -0.348 e. The number of alkyl halides is 3. The zero-order valence-corrected chi connectivity index (χ0v) is 13.2. The molecule has 1 N–H and O–H groups in total. The Bertz CT molecular complexity index is 871. The van der Waals surface area contributed by atoms with Crippen molar-refractivity contribution in [1.29, 1.82) is 0 Å². The van der Waals surface area contributed by atoms with Gasteiger partial charge in [0.05, 0.1) is 32.2 Å². The van der Waals surface area contributed by atoms with E-state index in [1.165, 1.54) is 12.1 Å². The smallest absolute Gasteiger partial charge is 0.348 e. The molecule has 2 aromatic carbocycles. The summed E-state index contributed by atoms with van der Waals surface area (Å²) in [7, 11) is 0. The summed E-state index contributed by atoms with van der Waals surface area (Å²) >= 11 is 5.94. The molecule has 0 atom stereocenters. The molecule has 0 radical (unpaired) electrons. The molecular weight excluding hydrogens is 367 g/mol. The predicted octanol–water partition coefficient (Wildman–Crippen LogP) is 5.23. The molecule has 0 aromatic heterocycles. The summed E-state index contributed by atoms with van der Waals surface area (Å²) in [5.41, 5.74) is -3.86. The summed E-state index contributed by atoms with van der Waals surface area (Å²) in [5.74, 6) is 0. The van der Waals surface area contributed by atoms with Crippen molar-refractivity contribution in [3.8, 4) is 0 Å². The molecule has 0 bridgehead atoms. The predicted molar refractivity (Wildman–Crippen MR) is 84.2 cm³/mol. The van der Waals surface area contributed by atoms with Crippen LogP contribution in [0.4, 0.5) is 35.9 Å². The molecule has 2 aromatic rings. The van der Waals surface area contributed by atoms with Gasteiger partial charge in [-0.15, -0.1) is 0 Å². The first-order valence-corrected chi connectivity index (χ1v) is 6.95. The maximum absolute atomic E-state index is 13.3. The van der Waals surface area contributed by atoms with Gasteiger partial charge in [-0.2, -0.15) is 13.2 Å². The van der Waals surface area contributed by atoms with Crippen molar-refractivity contribution in [2.24, 2.45) is 0 Å². The van der Waals surface area contributed by atoms with Crippen LogP contribution in [0, 0.1) is 27.2 Å². The zero-order chi connectivity index (χ0) is 18.9. The third kappa shape index (κ3) is 3.97. The minimum atomic E-state index is -5.06. The number of benzene rings is 2. The van der Waals surface area contributed by atoms with Crippen molar-refractivity contribution in [1.82, 2.24) is 0 Å². The summed E-state index contributed by atoms with van der Waals surface area (Å²) in [4.78, 5) is 19.7. The fraction of sp³-hybridized carbons (Fsp3) is 0.143. The van der Waals surface area contributed by atoms with Crippen LogP contribution in [-0.4, -0.2) is 9.85 Å². The first kappa shape index (κ1) is 18.5. The maximum Gasteiger partial charge on any atom is 0.418 e. The highest BCUT2D eigenvalue weighted by molar-refractivity contribution is 6.33. The van der Waals surface area contributed by atoms with E-state index < -0.39 is 38.6 Å². The van der Waals surface area contributed by atoms with E-state index in [1.807, 2.05) is 0 Å². The van der Waals surface area contributed by atoms with Crippen LogP contribution >= 0.6 is 11.6 Å². The van der Waals surface area contributed by atoms with Crippen LogP contribution in [0.5, 0.6) is 0 Å². The van der Waals surface area contributed by atoms with Crippen molar-refractivity contribution in [3.63, 3.8) is 0 Å². The molecule has 0 saturated carbocycles. The van der Waals surface area contributed by atoms with E-state index in [0.717, 1.165) is 5.56 Å². The first-order valence-electron chi connectivity index (χ1n) is 6.58. The van der Waals surface area contributed by atoms with Gasteiger partial charge in [-0.05, 0) is 24.6 Å². The molecule has 0 spiro atoms. The fourth-order valence-electron chi connectivity index (χ4n) is 2.07. The second-order valence-corrected chi connectivity index (χ2v) is 5.41. The Balaban J connectivity index is 2.73. The molecular formula is C14H9ClF3N3O4. The van der Waals surface area contributed by atoms with Gasteiger partial charge < -0.3 is 5.32 Å². The molecule has 25 heavy (non-hydrogen) atoms. The lowest BCUT2D eigenvalue weighted by molar-refractivity contribution is -0.394. The Morgan fingerprint density at radius 3 is 2.20 bits per heavy atom. The first-order chi connectivity index (χ1) is 11.5. The number of nitro groups is 2. The van der Waals surface area contributed by atoms with Crippen molar-refractivity contribution in [2.75, 3.05) is 5.32 Å². The van der Waals surface area contributed by atoms with Gasteiger partial charge >= 0.3 is 6.18 Å². The van der Waals surface area contributed by atoms with Crippen LogP contribution in [0.25, 0.3) is 0 Å². The van der Waals surface area contributed by atoms with Crippen molar-refractivity contribution < 1.29 is 23.0 Å². The second kappa shape index (κ2) is 6.55. The Kier molecular flexibility index (Phi) is 4.84. The highest BCUT2D eigenvalue weighted by atomic mass is 35.5. The second-order valence-electron chi connectivity index (χ2n) is 5.01. The van der Waals surface area contributed by atoms with Crippen LogP contribution in [-0.2, 0) is 6.18 Å². The van der Waals surface area contributed by atoms with Crippen molar-refractivity contribution in [3.05, 3.63) is 66.7 Å². The quantitative estimate of drug-likeness (QED) is 0.583. The summed E-state index contributed by atoms with van der Waals surface area (Å²) in [6.45, 7) is 1.70. The van der Waals surface area contributed by atoms with E-state index in [1.54, 1.807) is 13.0 Å². The van der Waals surface area contributed by atoms with Crippen LogP contribution in [0.2, 0.25) is 5.02 Å². The largest absolute Gasteiger partial charge is 0.418 e. The SMILES string of the molecule is Cc1ccc(Nc2c([N+](=O)[O-])cc([N+](=O)[O-])cc2C(F)(F)F)c(Cl)c1. The lowest BCUT2D eigenvalue weighted by atomic mass is 10.1. The van der Waals surface area contributed by atoms with E-state index in [2.05, 4.69) is 5.32 Å². The number of nitro benzene ring substituents is 2. The lowest BCUT2D eigenvalue weighted by Gasteiger charge is -2.15. The Morgan fingerprint density at radius 2 is 1.72 bits per heavy atom. The molecule has 11 heteroatoms. The number of hydrogen-bond acceptors (Lipinski definition) is 5. The number of halogens is 4. The summed E-state index contributed by atoms with van der Waals surface area (Å²) in [6.07, 6.45) is -5.06. The van der Waals surface area contributed by atoms with Gasteiger partial charge in [-0.3, -0.25) is 20.2 Å². The molecule has 0 unspecified atom stereocenters. The molecule has 0 saturated heterocycles. The number of rotatable bonds is 4. The molecule has 0 aliphatic carbocycles. The summed E-state index contributed by atoms with van der Waals surface area (Å²) < 4.78 is 39.9. The molecule has 0 amide bonds. The van der Waals surface area contributed by atoms with Gasteiger partial charge in [0.25, 0.3) is 11.4 Å². The topological polar surface area (TPSA) is 98.3 Å². The van der Waals surface area contributed by atoms with E-state index in [0.29, 0.717) is 6.07 Å². The van der Waals surface area contributed by atoms with Gasteiger partial charge in [0.15, 0.2) is 0 Å². The van der Waals surface area contributed by atoms with Gasteiger partial charge in [0.2, 0.25) is 0 Å². The van der Waals surface area contributed by atoms with Gasteiger partial charge in [-0.25, -0.2) is 0 Å². The molecule has 0 fully saturated rings. The van der Waals surface area contributed by atoms with Gasteiger partial charge in [-0.1, -0.05) is 17.7 Å². The molecule has 7 nitrogen and oxygen atoms in total. The zero-order valence-electron chi connectivity index (χ0n) is 12.4. The number of nitrogens with one attached hydrogen (secondary N) is 1. The van der Waals surface area contributed by atoms with Crippen LogP contribution in [0.3, 0.4) is 0 Å². The van der Waals surface area contributed by atoms with E-state index in [4.69, 9.17) is 11.6 Å². The molecule has 0 aliphatic heterocycles. The Labute approximate surface area is 143 Å². The number of hydrogen-bond donors (Lipinski definition) is 1. The average Bonchev–Trinajstić information content (AvgIpc) is 2.48. The standard InChI is InChI=1S/C14H9ClF3N3O4/c1-7-2-3-11(10(15)4-7)19-13-9(14(16,17)18)5-8(20(22)23)6-12(13)21(24)25/h2-6,19H,1H3. The normalized spacial score (nSPS) is 11.2. The molecule has 0 aliphatic rings. The monoisotopic (exact) mass is 375 g/mol. The molecule has 0 heterocycles. The number of nitrogens with zero attached hydrogens (tertiary/aromatic N) is 2. The molecule has 132 valence electrons. The molecule has 2 rings (SSSR count). The highest BCUT2D eigenvalue weighted by Crippen LogP contribution is 2.44. The Hall–Kier alpha value is -2.88. The van der Waals surface area contributed by atoms with E-state index >= 15 is 0 Å². The van der Waals surface area contributed by atoms with Crippen LogP contribution in [0.1, 0.15) is 11.1 Å². The summed E-state index contributed by atoms with van der Waals surface area (Å²) in [5, 5.41) is 24.3. The third-order valence-electron chi connectivity index (χ3n) is 3.20.